The smallest absolute Gasteiger partial charge is 0.407 e. The molecule has 8 heteroatoms. The van der Waals surface area contributed by atoms with Crippen molar-refractivity contribution in [2.24, 2.45) is 5.41 Å². The number of hydrogen-bond acceptors (Lipinski definition) is 4. The van der Waals surface area contributed by atoms with E-state index in [1.165, 1.54) is 12.1 Å². The van der Waals surface area contributed by atoms with Crippen LogP contribution < -0.4 is 10.6 Å². The number of halogens is 1. The first-order valence-corrected chi connectivity index (χ1v) is 11.5. The predicted molar refractivity (Wildman–Crippen MR) is 134 cm³/mol. The predicted octanol–water partition coefficient (Wildman–Crippen LogP) is 5.54. The fraction of sp³-hybridized carbons (Fsp3) is 0.222. The lowest BCUT2D eigenvalue weighted by atomic mass is 9.92. The molecule has 35 heavy (non-hydrogen) atoms. The Kier molecular flexibility index (Phi) is 6.80. The Morgan fingerprint density at radius 1 is 0.943 bits per heavy atom. The van der Waals surface area contributed by atoms with E-state index in [4.69, 9.17) is 16.3 Å². The van der Waals surface area contributed by atoms with Crippen molar-refractivity contribution in [1.82, 2.24) is 5.32 Å². The van der Waals surface area contributed by atoms with E-state index in [1.54, 1.807) is 19.9 Å². The van der Waals surface area contributed by atoms with Gasteiger partial charge >= 0.3 is 12.1 Å². The number of aromatic carboxylic acids is 1. The van der Waals surface area contributed by atoms with E-state index in [0.717, 1.165) is 22.3 Å². The minimum Gasteiger partial charge on any atom is -0.478 e. The molecule has 0 fully saturated rings. The number of fused-ring (bicyclic) bond motifs is 3. The molecule has 0 saturated heterocycles. The fourth-order valence-corrected chi connectivity index (χ4v) is 4.42. The standard InChI is InChI=1S/C27H25ClN2O5/c1-27(2,25(33)30-22-13-7-12-21(28)23(22)24(31)32)15-29-26(34)35-14-20-18-10-5-3-8-16(18)17-9-4-6-11-19(17)20/h3-13,20H,14-15H2,1-2H3,(H,29,34)(H,30,33)(H,31,32). The monoisotopic (exact) mass is 492 g/mol. The molecule has 1 aliphatic rings. The number of nitrogens with one attached hydrogen (secondary N) is 2. The Labute approximate surface area is 208 Å². The second kappa shape index (κ2) is 9.80. The molecule has 0 bridgehead atoms. The Hall–Kier alpha value is -3.84. The van der Waals surface area contributed by atoms with E-state index in [0.29, 0.717) is 0 Å². The van der Waals surface area contributed by atoms with Crippen LogP contribution in [0.4, 0.5) is 10.5 Å². The molecule has 0 unspecified atom stereocenters. The second-order valence-corrected chi connectivity index (χ2v) is 9.39. The number of carbonyl (C=O) groups excluding carboxylic acids is 2. The van der Waals surface area contributed by atoms with E-state index < -0.39 is 23.4 Å². The SMILES string of the molecule is CC(C)(CNC(=O)OCC1c2ccccc2-c2ccccc21)C(=O)Nc1cccc(Cl)c1C(=O)O. The average molecular weight is 493 g/mol. The molecule has 180 valence electrons. The fourth-order valence-electron chi connectivity index (χ4n) is 4.16. The first-order chi connectivity index (χ1) is 16.7. The van der Waals surface area contributed by atoms with Crippen LogP contribution in [0.25, 0.3) is 11.1 Å². The summed E-state index contributed by atoms with van der Waals surface area (Å²) in [4.78, 5) is 36.8. The van der Waals surface area contributed by atoms with Crippen LogP contribution in [0.2, 0.25) is 5.02 Å². The van der Waals surface area contributed by atoms with Crippen molar-refractivity contribution < 1.29 is 24.2 Å². The molecule has 3 aromatic rings. The largest absolute Gasteiger partial charge is 0.478 e. The van der Waals surface area contributed by atoms with Gasteiger partial charge in [-0.25, -0.2) is 9.59 Å². The second-order valence-electron chi connectivity index (χ2n) is 8.98. The van der Waals surface area contributed by atoms with Crippen LogP contribution >= 0.6 is 11.6 Å². The maximum atomic E-state index is 12.8. The zero-order chi connectivity index (χ0) is 25.2. The third kappa shape index (κ3) is 5.00. The van der Waals surface area contributed by atoms with Crippen molar-refractivity contribution in [3.8, 4) is 11.1 Å². The van der Waals surface area contributed by atoms with Crippen LogP contribution in [0.5, 0.6) is 0 Å². The molecule has 0 aromatic heterocycles. The van der Waals surface area contributed by atoms with Gasteiger partial charge in [0.15, 0.2) is 0 Å². The van der Waals surface area contributed by atoms with Crippen LogP contribution in [0.1, 0.15) is 41.3 Å². The lowest BCUT2D eigenvalue weighted by Gasteiger charge is -2.24. The zero-order valence-corrected chi connectivity index (χ0v) is 20.1. The number of carboxylic acid groups (broad SMARTS) is 1. The highest BCUT2D eigenvalue weighted by atomic mass is 35.5. The molecule has 3 aromatic carbocycles. The summed E-state index contributed by atoms with van der Waals surface area (Å²) in [6, 6.07) is 20.5. The van der Waals surface area contributed by atoms with Crippen LogP contribution in [0.15, 0.2) is 66.7 Å². The van der Waals surface area contributed by atoms with E-state index in [2.05, 4.69) is 22.8 Å². The van der Waals surface area contributed by atoms with Gasteiger partial charge in [-0.2, -0.15) is 0 Å². The third-order valence-corrected chi connectivity index (χ3v) is 6.42. The number of rotatable bonds is 7. The summed E-state index contributed by atoms with van der Waals surface area (Å²) < 4.78 is 5.52. The quantitative estimate of drug-likeness (QED) is 0.401. The number of ether oxygens (including phenoxy) is 1. The van der Waals surface area contributed by atoms with E-state index in [1.807, 2.05) is 36.4 Å². The van der Waals surface area contributed by atoms with Crippen molar-refractivity contribution in [3.63, 3.8) is 0 Å². The molecular formula is C27H25ClN2O5. The highest BCUT2D eigenvalue weighted by Gasteiger charge is 2.31. The number of alkyl carbamates (subject to hydrolysis) is 1. The van der Waals surface area contributed by atoms with Gasteiger partial charge in [-0.05, 0) is 48.2 Å². The maximum absolute atomic E-state index is 12.8. The molecule has 4 rings (SSSR count). The van der Waals surface area contributed by atoms with Gasteiger partial charge in [0.2, 0.25) is 5.91 Å². The van der Waals surface area contributed by atoms with Crippen LogP contribution in [0, 0.1) is 5.41 Å². The molecular weight excluding hydrogens is 468 g/mol. The summed E-state index contributed by atoms with van der Waals surface area (Å²) in [5, 5.41) is 14.7. The van der Waals surface area contributed by atoms with Crippen molar-refractivity contribution in [2.75, 3.05) is 18.5 Å². The molecule has 0 saturated carbocycles. The lowest BCUT2D eigenvalue weighted by molar-refractivity contribution is -0.123. The Morgan fingerprint density at radius 3 is 2.14 bits per heavy atom. The van der Waals surface area contributed by atoms with Crippen molar-refractivity contribution in [3.05, 3.63) is 88.4 Å². The topological polar surface area (TPSA) is 105 Å². The minimum atomic E-state index is -1.25. The van der Waals surface area contributed by atoms with Crippen LogP contribution in [-0.2, 0) is 9.53 Å². The summed E-state index contributed by atoms with van der Waals surface area (Å²) in [6.07, 6.45) is -0.637. The normalized spacial score (nSPS) is 12.4. The van der Waals surface area contributed by atoms with Gasteiger partial charge in [0, 0.05) is 12.5 Å². The van der Waals surface area contributed by atoms with Gasteiger partial charge in [0.1, 0.15) is 12.2 Å². The van der Waals surface area contributed by atoms with Crippen molar-refractivity contribution >= 4 is 35.3 Å². The Bertz CT molecular complexity index is 1260. The molecule has 3 N–H and O–H groups in total. The molecule has 7 nitrogen and oxygen atoms in total. The van der Waals surface area contributed by atoms with Gasteiger partial charge in [-0.15, -0.1) is 0 Å². The molecule has 0 radical (unpaired) electrons. The van der Waals surface area contributed by atoms with Crippen molar-refractivity contribution in [2.45, 2.75) is 19.8 Å². The molecule has 0 spiro atoms. The van der Waals surface area contributed by atoms with Gasteiger partial charge in [0.25, 0.3) is 0 Å². The van der Waals surface area contributed by atoms with E-state index in [-0.39, 0.29) is 35.3 Å². The van der Waals surface area contributed by atoms with Gasteiger partial charge in [-0.1, -0.05) is 66.2 Å². The number of anilines is 1. The molecule has 0 heterocycles. The third-order valence-electron chi connectivity index (χ3n) is 6.11. The average Bonchev–Trinajstić information content (AvgIpc) is 3.15. The summed E-state index contributed by atoms with van der Waals surface area (Å²) >= 11 is 5.97. The van der Waals surface area contributed by atoms with E-state index in [9.17, 15) is 19.5 Å². The number of hydrogen-bond donors (Lipinski definition) is 3. The highest BCUT2D eigenvalue weighted by Crippen LogP contribution is 2.44. The number of carbonyl (C=O) groups is 3. The Morgan fingerprint density at radius 2 is 1.54 bits per heavy atom. The number of carboxylic acids is 1. The Balaban J connectivity index is 1.36. The first kappa shape index (κ1) is 24.3. The van der Waals surface area contributed by atoms with E-state index >= 15 is 0 Å². The van der Waals surface area contributed by atoms with Crippen molar-refractivity contribution in [1.29, 1.82) is 0 Å². The summed E-state index contributed by atoms with van der Waals surface area (Å²) in [5.74, 6) is -1.79. The zero-order valence-electron chi connectivity index (χ0n) is 19.3. The molecule has 2 amide bonds. The minimum absolute atomic E-state index is 0.0154. The summed E-state index contributed by atoms with van der Waals surface area (Å²) in [6.45, 7) is 3.42. The highest BCUT2D eigenvalue weighted by molar-refractivity contribution is 6.34. The number of amides is 2. The maximum Gasteiger partial charge on any atom is 0.407 e. The van der Waals surface area contributed by atoms with Crippen LogP contribution in [-0.4, -0.2) is 36.2 Å². The summed E-state index contributed by atoms with van der Waals surface area (Å²) in [7, 11) is 0. The first-order valence-electron chi connectivity index (χ1n) is 11.1. The van der Waals surface area contributed by atoms with Gasteiger partial charge in [-0.3, -0.25) is 4.79 Å². The number of benzene rings is 3. The van der Waals surface area contributed by atoms with Gasteiger partial charge < -0.3 is 20.5 Å². The van der Waals surface area contributed by atoms with Gasteiger partial charge in [0.05, 0.1) is 16.1 Å². The summed E-state index contributed by atoms with van der Waals surface area (Å²) in [5.41, 5.74) is 3.33. The lowest BCUT2D eigenvalue weighted by Crippen LogP contribution is -2.42. The molecule has 0 atom stereocenters. The molecule has 1 aliphatic carbocycles. The van der Waals surface area contributed by atoms with Crippen LogP contribution in [0.3, 0.4) is 0 Å². The molecule has 0 aliphatic heterocycles.